The summed E-state index contributed by atoms with van der Waals surface area (Å²) < 4.78 is 22.2. The molecular formula is C8H10N2O2S. The topological polar surface area (TPSA) is 73.1 Å². The lowest BCUT2D eigenvalue weighted by molar-refractivity contribution is 0.595. The first kappa shape index (κ1) is 8.65. The maximum Gasteiger partial charge on any atom is 0.239 e. The van der Waals surface area contributed by atoms with Crippen LogP contribution in [0.2, 0.25) is 0 Å². The van der Waals surface area contributed by atoms with Crippen LogP contribution in [0.1, 0.15) is 24.5 Å². The second-order valence-corrected chi connectivity index (χ2v) is 4.74. The maximum absolute atomic E-state index is 11.1. The fraction of sp³-hybridized carbons (Fsp3) is 0.375. The Kier molecular flexibility index (Phi) is 1.85. The van der Waals surface area contributed by atoms with Gasteiger partial charge in [0, 0.05) is 12.1 Å². The number of aromatic nitrogens is 1. The molecule has 70 valence electrons. The molecule has 2 rings (SSSR count). The van der Waals surface area contributed by atoms with Crippen LogP contribution in [0.25, 0.3) is 0 Å². The Morgan fingerprint density at radius 3 is 2.69 bits per heavy atom. The van der Waals surface area contributed by atoms with E-state index in [4.69, 9.17) is 5.14 Å². The van der Waals surface area contributed by atoms with E-state index in [0.29, 0.717) is 11.6 Å². The molecule has 1 aromatic rings. The van der Waals surface area contributed by atoms with Gasteiger partial charge >= 0.3 is 0 Å². The van der Waals surface area contributed by atoms with E-state index >= 15 is 0 Å². The fourth-order valence-electron chi connectivity index (χ4n) is 1.31. The quantitative estimate of drug-likeness (QED) is 0.756. The van der Waals surface area contributed by atoms with Crippen molar-refractivity contribution in [1.29, 1.82) is 0 Å². The average Bonchev–Trinajstić information content (AvgIpc) is 2.85. The van der Waals surface area contributed by atoms with Gasteiger partial charge in [0.2, 0.25) is 10.0 Å². The van der Waals surface area contributed by atoms with Gasteiger partial charge < -0.3 is 0 Å². The second-order valence-electron chi connectivity index (χ2n) is 3.21. The van der Waals surface area contributed by atoms with E-state index in [-0.39, 0.29) is 4.90 Å². The van der Waals surface area contributed by atoms with Crippen LogP contribution in [0.4, 0.5) is 0 Å². The molecule has 0 aromatic carbocycles. The number of sulfonamides is 1. The number of nitrogens with two attached hydrogens (primary N) is 1. The molecule has 1 aromatic heterocycles. The summed E-state index contributed by atoms with van der Waals surface area (Å²) in [4.78, 5) is 4.23. The normalized spacial score (nSPS) is 17.3. The van der Waals surface area contributed by atoms with Crippen LogP contribution in [-0.4, -0.2) is 13.4 Å². The van der Waals surface area contributed by atoms with Gasteiger partial charge in [-0.25, -0.2) is 13.6 Å². The zero-order valence-corrected chi connectivity index (χ0v) is 7.79. The van der Waals surface area contributed by atoms with Gasteiger partial charge in [-0.15, -0.1) is 0 Å². The summed E-state index contributed by atoms with van der Waals surface area (Å²) in [5.41, 5.74) is 0.630. The molecule has 0 unspecified atom stereocenters. The molecule has 5 heteroatoms. The van der Waals surface area contributed by atoms with Crippen molar-refractivity contribution in [2.24, 2.45) is 5.14 Å². The van der Waals surface area contributed by atoms with E-state index in [9.17, 15) is 8.42 Å². The van der Waals surface area contributed by atoms with Crippen LogP contribution in [0.5, 0.6) is 0 Å². The Morgan fingerprint density at radius 2 is 2.15 bits per heavy atom. The Labute approximate surface area is 76.8 Å². The molecule has 0 spiro atoms. The van der Waals surface area contributed by atoms with E-state index in [1.165, 1.54) is 6.07 Å². The van der Waals surface area contributed by atoms with Gasteiger partial charge in [0.25, 0.3) is 0 Å². The molecule has 0 amide bonds. The molecular weight excluding hydrogens is 188 g/mol. The molecule has 1 fully saturated rings. The number of nitrogens with zero attached hydrogens (tertiary/aromatic N) is 1. The highest BCUT2D eigenvalue weighted by molar-refractivity contribution is 7.89. The molecule has 0 radical (unpaired) electrons. The van der Waals surface area contributed by atoms with Crippen LogP contribution in [-0.2, 0) is 10.0 Å². The summed E-state index contributed by atoms with van der Waals surface area (Å²) in [7, 11) is -3.60. The van der Waals surface area contributed by atoms with Gasteiger partial charge in [-0.2, -0.15) is 0 Å². The lowest BCUT2D eigenvalue weighted by Gasteiger charge is -2.03. The largest absolute Gasteiger partial charge is 0.260 e. The summed E-state index contributed by atoms with van der Waals surface area (Å²) in [6.07, 6.45) is 3.63. The number of primary sulfonamides is 1. The first-order chi connectivity index (χ1) is 6.09. The van der Waals surface area contributed by atoms with Gasteiger partial charge in [0.1, 0.15) is 4.90 Å². The molecule has 13 heavy (non-hydrogen) atoms. The van der Waals surface area contributed by atoms with Crippen LogP contribution in [0.3, 0.4) is 0 Å². The predicted octanol–water partition coefficient (Wildman–Crippen LogP) is 0.606. The van der Waals surface area contributed by atoms with Gasteiger partial charge in [-0.1, -0.05) is 0 Å². The minimum absolute atomic E-state index is 0.178. The minimum atomic E-state index is -3.60. The van der Waals surface area contributed by atoms with E-state index < -0.39 is 10.0 Å². The van der Waals surface area contributed by atoms with E-state index in [0.717, 1.165) is 12.8 Å². The number of hydrogen-bond donors (Lipinski definition) is 1. The van der Waals surface area contributed by atoms with E-state index in [2.05, 4.69) is 4.98 Å². The third-order valence-electron chi connectivity index (χ3n) is 2.07. The molecule has 0 bridgehead atoms. The Bertz CT molecular complexity index is 424. The Morgan fingerprint density at radius 1 is 1.46 bits per heavy atom. The summed E-state index contributed by atoms with van der Waals surface area (Å²) in [6.45, 7) is 0. The minimum Gasteiger partial charge on any atom is -0.260 e. The highest BCUT2D eigenvalue weighted by Crippen LogP contribution is 2.41. The Hall–Kier alpha value is -0.940. The third-order valence-corrected chi connectivity index (χ3v) is 3.03. The van der Waals surface area contributed by atoms with Crippen molar-refractivity contribution in [1.82, 2.24) is 4.98 Å². The molecule has 0 saturated heterocycles. The molecule has 4 nitrogen and oxygen atoms in total. The smallest absolute Gasteiger partial charge is 0.239 e. The molecule has 1 saturated carbocycles. The van der Waals surface area contributed by atoms with Crippen molar-refractivity contribution >= 4 is 10.0 Å². The number of rotatable bonds is 2. The van der Waals surface area contributed by atoms with Crippen molar-refractivity contribution < 1.29 is 8.42 Å². The van der Waals surface area contributed by atoms with Gasteiger partial charge in [-0.3, -0.25) is 4.98 Å². The molecule has 0 aliphatic heterocycles. The van der Waals surface area contributed by atoms with E-state index in [1.54, 1.807) is 12.3 Å². The van der Waals surface area contributed by atoms with Gasteiger partial charge in [0.15, 0.2) is 0 Å². The van der Waals surface area contributed by atoms with Crippen molar-refractivity contribution in [3.05, 3.63) is 24.0 Å². The van der Waals surface area contributed by atoms with Crippen LogP contribution in [0.15, 0.2) is 23.2 Å². The first-order valence-corrected chi connectivity index (χ1v) is 5.61. The second kappa shape index (κ2) is 2.78. The van der Waals surface area contributed by atoms with Crippen molar-refractivity contribution in [2.45, 2.75) is 23.7 Å². The highest BCUT2D eigenvalue weighted by atomic mass is 32.2. The van der Waals surface area contributed by atoms with Crippen LogP contribution in [0, 0.1) is 0 Å². The fourth-order valence-corrected chi connectivity index (χ4v) is 2.09. The maximum atomic E-state index is 11.1. The molecule has 2 N–H and O–H groups in total. The average molecular weight is 198 g/mol. The predicted molar refractivity (Wildman–Crippen MR) is 47.6 cm³/mol. The number of pyridine rings is 1. The summed E-state index contributed by atoms with van der Waals surface area (Å²) in [6, 6.07) is 3.10. The van der Waals surface area contributed by atoms with Crippen molar-refractivity contribution in [2.75, 3.05) is 0 Å². The lowest BCUT2D eigenvalue weighted by atomic mass is 10.2. The van der Waals surface area contributed by atoms with E-state index in [1.807, 2.05) is 0 Å². The molecule has 0 atom stereocenters. The standard InChI is InChI=1S/C8H10N2O2S/c9-13(11,12)7-2-1-5-10-8(7)6-3-4-6/h1-2,5-6H,3-4H2,(H2,9,11,12). The van der Waals surface area contributed by atoms with Crippen LogP contribution < -0.4 is 5.14 Å². The lowest BCUT2D eigenvalue weighted by Crippen LogP contribution is -2.14. The number of hydrogen-bond acceptors (Lipinski definition) is 3. The summed E-state index contributed by atoms with van der Waals surface area (Å²) in [5, 5.41) is 5.06. The summed E-state index contributed by atoms with van der Waals surface area (Å²) in [5.74, 6) is 0.300. The van der Waals surface area contributed by atoms with Crippen molar-refractivity contribution in [3.63, 3.8) is 0 Å². The molecule has 1 heterocycles. The molecule has 1 aliphatic rings. The Balaban J connectivity index is 2.55. The SMILES string of the molecule is NS(=O)(=O)c1cccnc1C1CC1. The van der Waals surface area contributed by atoms with Gasteiger partial charge in [0.05, 0.1) is 5.69 Å². The molecule has 1 aliphatic carbocycles. The summed E-state index contributed by atoms with van der Waals surface area (Å²) >= 11 is 0. The zero-order chi connectivity index (χ0) is 9.47. The van der Waals surface area contributed by atoms with Crippen molar-refractivity contribution in [3.8, 4) is 0 Å². The van der Waals surface area contributed by atoms with Crippen LogP contribution >= 0.6 is 0 Å². The first-order valence-electron chi connectivity index (χ1n) is 4.07. The monoisotopic (exact) mass is 198 g/mol. The highest BCUT2D eigenvalue weighted by Gasteiger charge is 2.30. The zero-order valence-electron chi connectivity index (χ0n) is 6.97. The third kappa shape index (κ3) is 1.71. The van der Waals surface area contributed by atoms with Gasteiger partial charge in [-0.05, 0) is 25.0 Å².